The normalized spacial score (nSPS) is 14.7. The molecule has 22 heavy (non-hydrogen) atoms. The average molecular weight is 297 g/mol. The number of amides is 1. The van der Waals surface area contributed by atoms with E-state index in [0.29, 0.717) is 5.56 Å². The topological polar surface area (TPSA) is 70.2 Å². The van der Waals surface area contributed by atoms with Gasteiger partial charge in [-0.05, 0) is 37.3 Å². The number of nitrogens with one attached hydrogen (secondary N) is 2. The van der Waals surface area contributed by atoms with Crippen molar-refractivity contribution >= 4 is 17.3 Å². The highest BCUT2D eigenvalue weighted by molar-refractivity contribution is 6.04. The molecular formula is C16H19N5O. The number of benzene rings is 1. The van der Waals surface area contributed by atoms with Crippen LogP contribution in [0.1, 0.15) is 16.1 Å². The maximum absolute atomic E-state index is 12.2. The van der Waals surface area contributed by atoms with E-state index in [2.05, 4.69) is 25.7 Å². The van der Waals surface area contributed by atoms with Gasteiger partial charge in [0.05, 0.1) is 17.5 Å². The lowest BCUT2D eigenvalue weighted by Crippen LogP contribution is -2.43. The summed E-state index contributed by atoms with van der Waals surface area (Å²) >= 11 is 0. The third-order valence-corrected chi connectivity index (χ3v) is 3.65. The number of hydrogen-bond donors (Lipinski definition) is 2. The Morgan fingerprint density at radius 1 is 1.23 bits per heavy atom. The summed E-state index contributed by atoms with van der Waals surface area (Å²) in [5.74, 6) is -0.173. The van der Waals surface area contributed by atoms with Crippen LogP contribution in [0.5, 0.6) is 0 Å². The van der Waals surface area contributed by atoms with Crippen LogP contribution in [0.3, 0.4) is 0 Å². The van der Waals surface area contributed by atoms with Crippen molar-refractivity contribution in [1.82, 2.24) is 15.5 Å². The molecule has 6 heteroatoms. The third kappa shape index (κ3) is 3.40. The fraction of sp³-hybridized carbons (Fsp3) is 0.312. The Hall–Kier alpha value is -2.47. The van der Waals surface area contributed by atoms with Crippen molar-refractivity contribution < 1.29 is 4.79 Å². The Labute approximate surface area is 129 Å². The van der Waals surface area contributed by atoms with E-state index in [1.165, 1.54) is 11.9 Å². The summed E-state index contributed by atoms with van der Waals surface area (Å²) in [6, 6.07) is 9.65. The molecule has 0 bridgehead atoms. The molecule has 1 aliphatic rings. The molecule has 0 unspecified atom stereocenters. The number of rotatable bonds is 3. The van der Waals surface area contributed by atoms with E-state index >= 15 is 0 Å². The fourth-order valence-electron chi connectivity index (χ4n) is 2.48. The Morgan fingerprint density at radius 3 is 2.64 bits per heavy atom. The Kier molecular flexibility index (Phi) is 4.29. The zero-order valence-corrected chi connectivity index (χ0v) is 12.5. The van der Waals surface area contributed by atoms with Crippen LogP contribution in [0.4, 0.5) is 11.4 Å². The van der Waals surface area contributed by atoms with Gasteiger partial charge in [-0.2, -0.15) is 10.2 Å². The van der Waals surface area contributed by atoms with Gasteiger partial charge >= 0.3 is 0 Å². The summed E-state index contributed by atoms with van der Waals surface area (Å²) in [5, 5.41) is 13.9. The molecule has 0 saturated carbocycles. The lowest BCUT2D eigenvalue weighted by atomic mass is 10.2. The third-order valence-electron chi connectivity index (χ3n) is 3.65. The number of carbonyl (C=O) groups is 1. The molecule has 0 atom stereocenters. The van der Waals surface area contributed by atoms with Gasteiger partial charge in [0.2, 0.25) is 0 Å². The van der Waals surface area contributed by atoms with Crippen LogP contribution in [0.15, 0.2) is 36.5 Å². The van der Waals surface area contributed by atoms with Gasteiger partial charge < -0.3 is 15.5 Å². The summed E-state index contributed by atoms with van der Waals surface area (Å²) in [6.07, 6.45) is 1.47. The lowest BCUT2D eigenvalue weighted by Gasteiger charge is -2.29. The highest BCUT2D eigenvalue weighted by atomic mass is 16.1. The molecular weight excluding hydrogens is 278 g/mol. The summed E-state index contributed by atoms with van der Waals surface area (Å²) in [5.41, 5.74) is 3.19. The van der Waals surface area contributed by atoms with E-state index in [0.717, 1.165) is 37.6 Å². The second-order valence-electron chi connectivity index (χ2n) is 5.32. The first-order valence-corrected chi connectivity index (χ1v) is 7.39. The minimum atomic E-state index is -0.173. The maximum atomic E-state index is 12.2. The van der Waals surface area contributed by atoms with Gasteiger partial charge in [-0.3, -0.25) is 4.79 Å². The first-order chi connectivity index (χ1) is 10.7. The predicted molar refractivity (Wildman–Crippen MR) is 86.2 cm³/mol. The van der Waals surface area contributed by atoms with Gasteiger partial charge in [0.25, 0.3) is 5.91 Å². The van der Waals surface area contributed by atoms with Gasteiger partial charge in [0.1, 0.15) is 0 Å². The molecule has 1 aromatic carbocycles. The summed E-state index contributed by atoms with van der Waals surface area (Å²) in [7, 11) is 0. The predicted octanol–water partition coefficient (Wildman–Crippen LogP) is 1.45. The Balaban J connectivity index is 1.66. The van der Waals surface area contributed by atoms with Crippen LogP contribution in [0.2, 0.25) is 0 Å². The van der Waals surface area contributed by atoms with Crippen molar-refractivity contribution in [2.24, 2.45) is 0 Å². The molecule has 114 valence electrons. The molecule has 0 aliphatic carbocycles. The highest BCUT2D eigenvalue weighted by Gasteiger charge is 2.11. The van der Waals surface area contributed by atoms with Crippen LogP contribution in [0, 0.1) is 6.92 Å². The largest absolute Gasteiger partial charge is 0.369 e. The number of carbonyl (C=O) groups excluding carboxylic acids is 1. The van der Waals surface area contributed by atoms with Gasteiger partial charge in [-0.1, -0.05) is 0 Å². The van der Waals surface area contributed by atoms with Crippen LogP contribution < -0.4 is 15.5 Å². The number of hydrogen-bond acceptors (Lipinski definition) is 5. The SMILES string of the molecule is Cc1cc(C(=O)Nc2ccc(N3CCNCC3)cc2)cnn1. The van der Waals surface area contributed by atoms with Gasteiger partial charge in [0.15, 0.2) is 0 Å². The van der Waals surface area contributed by atoms with E-state index in [4.69, 9.17) is 0 Å². The molecule has 2 aromatic rings. The number of aromatic nitrogens is 2. The first-order valence-electron chi connectivity index (χ1n) is 7.39. The van der Waals surface area contributed by atoms with Crippen LogP contribution in [-0.2, 0) is 0 Å². The molecule has 1 fully saturated rings. The van der Waals surface area contributed by atoms with E-state index in [-0.39, 0.29) is 5.91 Å². The van der Waals surface area contributed by atoms with E-state index < -0.39 is 0 Å². The molecule has 1 aliphatic heterocycles. The van der Waals surface area contributed by atoms with Gasteiger partial charge in [0, 0.05) is 37.6 Å². The Morgan fingerprint density at radius 2 is 1.95 bits per heavy atom. The molecule has 6 nitrogen and oxygen atoms in total. The molecule has 0 radical (unpaired) electrons. The lowest BCUT2D eigenvalue weighted by molar-refractivity contribution is 0.102. The highest BCUT2D eigenvalue weighted by Crippen LogP contribution is 2.18. The molecule has 2 N–H and O–H groups in total. The zero-order valence-electron chi connectivity index (χ0n) is 12.5. The zero-order chi connectivity index (χ0) is 15.4. The molecule has 1 amide bonds. The molecule has 0 spiro atoms. The van der Waals surface area contributed by atoms with Crippen molar-refractivity contribution in [1.29, 1.82) is 0 Å². The second kappa shape index (κ2) is 6.53. The van der Waals surface area contributed by atoms with Gasteiger partial charge in [-0.15, -0.1) is 0 Å². The van der Waals surface area contributed by atoms with Crippen molar-refractivity contribution in [3.63, 3.8) is 0 Å². The summed E-state index contributed by atoms with van der Waals surface area (Å²) in [4.78, 5) is 14.5. The van der Waals surface area contributed by atoms with E-state index in [1.807, 2.05) is 31.2 Å². The maximum Gasteiger partial charge on any atom is 0.257 e. The number of piperazine rings is 1. The number of anilines is 2. The molecule has 2 heterocycles. The Bertz CT molecular complexity index is 650. The second-order valence-corrected chi connectivity index (χ2v) is 5.32. The first kappa shape index (κ1) is 14.5. The van der Waals surface area contributed by atoms with Crippen molar-refractivity contribution in [2.45, 2.75) is 6.92 Å². The minimum Gasteiger partial charge on any atom is -0.369 e. The van der Waals surface area contributed by atoms with E-state index in [9.17, 15) is 4.79 Å². The van der Waals surface area contributed by atoms with Crippen LogP contribution in [-0.4, -0.2) is 42.3 Å². The molecule has 1 saturated heterocycles. The number of nitrogens with zero attached hydrogens (tertiary/aromatic N) is 3. The standard InChI is InChI=1S/C16H19N5O/c1-12-10-13(11-18-20-12)16(22)19-14-2-4-15(5-3-14)21-8-6-17-7-9-21/h2-5,10-11,17H,6-9H2,1H3,(H,19,22). The number of aryl methyl sites for hydroxylation is 1. The quantitative estimate of drug-likeness (QED) is 0.897. The van der Waals surface area contributed by atoms with E-state index in [1.54, 1.807) is 6.07 Å². The molecule has 1 aromatic heterocycles. The van der Waals surface area contributed by atoms with Crippen molar-refractivity contribution in [2.75, 3.05) is 36.4 Å². The monoisotopic (exact) mass is 297 g/mol. The fourth-order valence-corrected chi connectivity index (χ4v) is 2.48. The van der Waals surface area contributed by atoms with Crippen LogP contribution >= 0.6 is 0 Å². The summed E-state index contributed by atoms with van der Waals surface area (Å²) < 4.78 is 0. The summed E-state index contributed by atoms with van der Waals surface area (Å²) in [6.45, 7) is 5.84. The smallest absolute Gasteiger partial charge is 0.257 e. The molecule has 3 rings (SSSR count). The minimum absolute atomic E-state index is 0.173. The van der Waals surface area contributed by atoms with Gasteiger partial charge in [-0.25, -0.2) is 0 Å². The van der Waals surface area contributed by atoms with Crippen molar-refractivity contribution in [3.05, 3.63) is 47.8 Å². The average Bonchev–Trinajstić information content (AvgIpc) is 2.56. The van der Waals surface area contributed by atoms with Crippen LogP contribution in [0.25, 0.3) is 0 Å². The van der Waals surface area contributed by atoms with Crippen molar-refractivity contribution in [3.8, 4) is 0 Å².